The first-order valence-corrected chi connectivity index (χ1v) is 10.8. The Bertz CT molecular complexity index is 951. The standard InChI is InChI=1S/C22H23Cl3O7/c1-3-22(21(27)28,30-9-8-29-2)31-13-20(26)32-19-12-17(24)7-5-15(19)10-14-4-6-16(23)11-18(14)25/h4-7,11-12H,3,8-10,13H2,1-2H3,(H,27,28)/t22-/m1/s1. The van der Waals surface area contributed by atoms with E-state index in [9.17, 15) is 14.7 Å². The Morgan fingerprint density at radius 3 is 2.22 bits per heavy atom. The maximum Gasteiger partial charge on any atom is 0.364 e. The number of methoxy groups -OCH3 is 1. The van der Waals surface area contributed by atoms with E-state index in [1.54, 1.807) is 37.3 Å². The van der Waals surface area contributed by atoms with Gasteiger partial charge in [0.1, 0.15) is 12.4 Å². The van der Waals surface area contributed by atoms with Crippen LogP contribution >= 0.6 is 34.8 Å². The molecule has 0 aliphatic carbocycles. The quantitative estimate of drug-likeness (QED) is 0.188. The third-order valence-corrected chi connectivity index (χ3v) is 5.31. The molecule has 0 spiro atoms. The molecule has 0 amide bonds. The van der Waals surface area contributed by atoms with Crippen molar-refractivity contribution in [2.75, 3.05) is 26.9 Å². The molecule has 2 aromatic carbocycles. The maximum absolute atomic E-state index is 12.4. The van der Waals surface area contributed by atoms with E-state index in [1.807, 2.05) is 0 Å². The maximum atomic E-state index is 12.4. The van der Waals surface area contributed by atoms with Crippen molar-refractivity contribution in [3.05, 3.63) is 62.6 Å². The van der Waals surface area contributed by atoms with Crippen molar-refractivity contribution in [3.8, 4) is 5.75 Å². The summed E-state index contributed by atoms with van der Waals surface area (Å²) in [6.07, 6.45) is 0.321. The van der Waals surface area contributed by atoms with Crippen molar-refractivity contribution in [2.24, 2.45) is 0 Å². The fourth-order valence-electron chi connectivity index (χ4n) is 2.78. The fraction of sp³-hybridized carbons (Fsp3) is 0.364. The predicted octanol–water partition coefficient (Wildman–Crippen LogP) is 5.01. The van der Waals surface area contributed by atoms with Gasteiger partial charge in [-0.15, -0.1) is 0 Å². The summed E-state index contributed by atoms with van der Waals surface area (Å²) in [5, 5.41) is 10.9. The summed E-state index contributed by atoms with van der Waals surface area (Å²) in [5.41, 5.74) is 1.41. The van der Waals surface area contributed by atoms with Crippen molar-refractivity contribution < 1.29 is 33.6 Å². The molecular formula is C22H23Cl3O7. The molecule has 0 saturated carbocycles. The lowest BCUT2D eigenvalue weighted by Gasteiger charge is -2.27. The van der Waals surface area contributed by atoms with Crippen molar-refractivity contribution in [1.82, 2.24) is 0 Å². The Morgan fingerprint density at radius 1 is 0.969 bits per heavy atom. The Morgan fingerprint density at radius 2 is 1.62 bits per heavy atom. The molecule has 0 aliphatic rings. The van der Waals surface area contributed by atoms with Crippen LogP contribution < -0.4 is 4.74 Å². The molecule has 7 nitrogen and oxygen atoms in total. The summed E-state index contributed by atoms with van der Waals surface area (Å²) in [7, 11) is 1.45. The SMILES string of the molecule is CC[C@@](OCCOC)(OCC(=O)Oc1cc(Cl)ccc1Cc1ccc(Cl)cc1Cl)C(=O)O. The van der Waals surface area contributed by atoms with Crippen LogP contribution in [0.5, 0.6) is 5.75 Å². The minimum atomic E-state index is -1.99. The average Bonchev–Trinajstić information content (AvgIpc) is 2.74. The van der Waals surface area contributed by atoms with E-state index in [4.69, 9.17) is 53.8 Å². The van der Waals surface area contributed by atoms with Gasteiger partial charge >= 0.3 is 11.9 Å². The monoisotopic (exact) mass is 504 g/mol. The van der Waals surface area contributed by atoms with Crippen LogP contribution in [-0.2, 0) is 30.2 Å². The van der Waals surface area contributed by atoms with Gasteiger partial charge in [0, 0.05) is 35.0 Å². The number of hydrogen-bond acceptors (Lipinski definition) is 6. The van der Waals surface area contributed by atoms with Crippen LogP contribution in [0.3, 0.4) is 0 Å². The molecule has 1 atom stereocenters. The number of esters is 1. The molecule has 0 heterocycles. The van der Waals surface area contributed by atoms with Crippen molar-refractivity contribution >= 4 is 46.7 Å². The molecule has 32 heavy (non-hydrogen) atoms. The van der Waals surface area contributed by atoms with Gasteiger partial charge in [0.05, 0.1) is 13.2 Å². The van der Waals surface area contributed by atoms with Crippen molar-refractivity contribution in [1.29, 1.82) is 0 Å². The normalized spacial score (nSPS) is 12.9. The number of carboxylic acid groups (broad SMARTS) is 1. The number of rotatable bonds is 12. The third kappa shape index (κ3) is 7.33. The van der Waals surface area contributed by atoms with Gasteiger partial charge in [0.25, 0.3) is 5.79 Å². The van der Waals surface area contributed by atoms with Crippen LogP contribution in [0.2, 0.25) is 15.1 Å². The molecule has 2 aromatic rings. The van der Waals surface area contributed by atoms with Gasteiger partial charge in [0.15, 0.2) is 0 Å². The van der Waals surface area contributed by atoms with Crippen LogP contribution in [0, 0.1) is 0 Å². The first kappa shape index (κ1) is 26.4. The van der Waals surface area contributed by atoms with Gasteiger partial charge in [0.2, 0.25) is 0 Å². The second kappa shape index (κ2) is 12.4. The van der Waals surface area contributed by atoms with E-state index in [0.717, 1.165) is 5.56 Å². The van der Waals surface area contributed by atoms with Crippen molar-refractivity contribution in [3.63, 3.8) is 0 Å². The van der Waals surface area contributed by atoms with Gasteiger partial charge in [-0.3, -0.25) is 0 Å². The Hall–Kier alpha value is -1.87. The molecule has 0 saturated heterocycles. The number of halogens is 3. The number of ether oxygens (including phenoxy) is 4. The Labute approximate surface area is 201 Å². The summed E-state index contributed by atoms with van der Waals surface area (Å²) >= 11 is 18.3. The number of hydrogen-bond donors (Lipinski definition) is 1. The second-order valence-electron chi connectivity index (χ2n) is 6.68. The molecule has 10 heteroatoms. The van der Waals surface area contributed by atoms with Crippen molar-refractivity contribution in [2.45, 2.75) is 25.6 Å². The number of aliphatic carboxylic acids is 1. The molecule has 174 valence electrons. The number of carboxylic acids is 1. The highest BCUT2D eigenvalue weighted by Gasteiger charge is 2.40. The topological polar surface area (TPSA) is 91.3 Å². The zero-order chi connectivity index (χ0) is 23.7. The molecule has 0 bridgehead atoms. The molecular weight excluding hydrogens is 483 g/mol. The van der Waals surface area contributed by atoms with Crippen LogP contribution in [0.25, 0.3) is 0 Å². The lowest BCUT2D eigenvalue weighted by Crippen LogP contribution is -2.46. The molecule has 0 unspecified atom stereocenters. The van der Waals surface area contributed by atoms with Crippen LogP contribution in [0.1, 0.15) is 24.5 Å². The molecule has 0 aromatic heterocycles. The molecule has 0 radical (unpaired) electrons. The highest BCUT2D eigenvalue weighted by molar-refractivity contribution is 6.35. The second-order valence-corrected chi connectivity index (χ2v) is 7.96. The van der Waals surface area contributed by atoms with Crippen LogP contribution in [0.4, 0.5) is 0 Å². The first-order chi connectivity index (χ1) is 15.2. The highest BCUT2D eigenvalue weighted by atomic mass is 35.5. The van der Waals surface area contributed by atoms with E-state index in [1.165, 1.54) is 13.2 Å². The minimum absolute atomic E-state index is 0.0218. The zero-order valence-electron chi connectivity index (χ0n) is 17.5. The summed E-state index contributed by atoms with van der Waals surface area (Å²) in [6, 6.07) is 9.94. The summed E-state index contributed by atoms with van der Waals surface area (Å²) < 4.78 is 20.9. The Kier molecular flexibility index (Phi) is 10.2. The zero-order valence-corrected chi connectivity index (χ0v) is 19.8. The fourth-order valence-corrected chi connectivity index (χ4v) is 3.42. The molecule has 0 aliphatic heterocycles. The predicted molar refractivity (Wildman–Crippen MR) is 121 cm³/mol. The number of carbonyl (C=O) groups is 2. The van der Waals surface area contributed by atoms with Gasteiger partial charge < -0.3 is 24.1 Å². The van der Waals surface area contributed by atoms with Gasteiger partial charge in [-0.05, 0) is 35.4 Å². The van der Waals surface area contributed by atoms with E-state index < -0.39 is 24.3 Å². The minimum Gasteiger partial charge on any atom is -0.477 e. The smallest absolute Gasteiger partial charge is 0.364 e. The van der Waals surface area contributed by atoms with E-state index in [0.29, 0.717) is 27.1 Å². The number of benzene rings is 2. The lowest BCUT2D eigenvalue weighted by molar-refractivity contribution is -0.248. The van der Waals surface area contributed by atoms with Gasteiger partial charge in [-0.1, -0.05) is 53.9 Å². The third-order valence-electron chi connectivity index (χ3n) is 4.49. The van der Waals surface area contributed by atoms with E-state index >= 15 is 0 Å². The largest absolute Gasteiger partial charge is 0.477 e. The van der Waals surface area contributed by atoms with Gasteiger partial charge in [-0.25, -0.2) is 9.59 Å². The molecule has 1 N–H and O–H groups in total. The van der Waals surface area contributed by atoms with E-state index in [-0.39, 0.29) is 25.4 Å². The van der Waals surface area contributed by atoms with E-state index in [2.05, 4.69) is 0 Å². The summed E-state index contributed by atoms with van der Waals surface area (Å²) in [4.78, 5) is 24.1. The summed E-state index contributed by atoms with van der Waals surface area (Å²) in [6.45, 7) is 1.06. The lowest BCUT2D eigenvalue weighted by atomic mass is 10.0. The molecule has 0 fully saturated rings. The summed E-state index contributed by atoms with van der Waals surface area (Å²) in [5.74, 6) is -3.96. The van der Waals surface area contributed by atoms with Crippen LogP contribution in [-0.4, -0.2) is 49.8 Å². The first-order valence-electron chi connectivity index (χ1n) is 9.64. The Balaban J connectivity index is 2.13. The number of carbonyl (C=O) groups excluding carboxylic acids is 1. The molecule has 2 rings (SSSR count). The highest BCUT2D eigenvalue weighted by Crippen LogP contribution is 2.30. The van der Waals surface area contributed by atoms with Crippen LogP contribution in [0.15, 0.2) is 36.4 Å². The average molecular weight is 506 g/mol. The van der Waals surface area contributed by atoms with Gasteiger partial charge in [-0.2, -0.15) is 0 Å².